The van der Waals surface area contributed by atoms with Gasteiger partial charge in [0.25, 0.3) is 0 Å². The fraction of sp³-hybridized carbons (Fsp3) is 0.294. The number of para-hydroxylation sites is 1. The first-order valence-corrected chi connectivity index (χ1v) is 6.92. The van der Waals surface area contributed by atoms with E-state index in [1.165, 1.54) is 17.7 Å². The third-order valence-corrected chi connectivity index (χ3v) is 3.49. The first kappa shape index (κ1) is 14.5. The van der Waals surface area contributed by atoms with Gasteiger partial charge in [-0.05, 0) is 56.2 Å². The van der Waals surface area contributed by atoms with Crippen molar-refractivity contribution < 1.29 is 4.39 Å². The summed E-state index contributed by atoms with van der Waals surface area (Å²) in [7, 11) is 0. The minimum atomic E-state index is -0.248. The van der Waals surface area contributed by atoms with Gasteiger partial charge in [0, 0.05) is 24.0 Å². The molecule has 0 saturated carbocycles. The van der Waals surface area contributed by atoms with Gasteiger partial charge in [0.1, 0.15) is 5.82 Å². The molecule has 0 amide bonds. The van der Waals surface area contributed by atoms with Crippen LogP contribution >= 0.6 is 0 Å². The minimum Gasteiger partial charge on any atom is -0.341 e. The molecule has 1 atom stereocenters. The zero-order valence-corrected chi connectivity index (χ0v) is 12.2. The van der Waals surface area contributed by atoms with Crippen LogP contribution in [0.1, 0.15) is 31.0 Å². The Morgan fingerprint density at radius 2 is 1.85 bits per heavy atom. The van der Waals surface area contributed by atoms with E-state index in [1.54, 1.807) is 0 Å². The lowest BCUT2D eigenvalue weighted by Crippen LogP contribution is -2.21. The van der Waals surface area contributed by atoms with E-state index >= 15 is 0 Å². The molecule has 0 aliphatic heterocycles. The van der Waals surface area contributed by atoms with Crippen molar-refractivity contribution >= 4 is 11.4 Å². The molecule has 0 fully saturated rings. The second-order valence-electron chi connectivity index (χ2n) is 5.02. The minimum absolute atomic E-state index is 0.209. The van der Waals surface area contributed by atoms with Gasteiger partial charge in [-0.25, -0.2) is 4.39 Å². The third-order valence-electron chi connectivity index (χ3n) is 3.49. The van der Waals surface area contributed by atoms with Crippen LogP contribution in [-0.4, -0.2) is 6.54 Å². The summed E-state index contributed by atoms with van der Waals surface area (Å²) in [6.45, 7) is 6.84. The van der Waals surface area contributed by atoms with Crippen molar-refractivity contribution in [1.29, 1.82) is 0 Å². The predicted molar refractivity (Wildman–Crippen MR) is 82.9 cm³/mol. The van der Waals surface area contributed by atoms with Crippen LogP contribution in [0.4, 0.5) is 15.8 Å². The molecule has 2 aromatic carbocycles. The van der Waals surface area contributed by atoms with Crippen molar-refractivity contribution in [3.8, 4) is 0 Å². The standard InChI is InChI=1S/C17H21FN2/c1-4-20(16-8-6-5-7-12(16)2)17-10-9-14(18)11-15(17)13(3)19/h5-11,13H,4,19H2,1-3H3/t13-/m1/s1. The smallest absolute Gasteiger partial charge is 0.123 e. The number of nitrogens with two attached hydrogens (primary N) is 1. The van der Waals surface area contributed by atoms with E-state index in [0.29, 0.717) is 0 Å². The number of hydrogen-bond donors (Lipinski definition) is 1. The Morgan fingerprint density at radius 1 is 1.15 bits per heavy atom. The molecule has 2 aromatic rings. The Bertz CT molecular complexity index is 593. The molecule has 2 rings (SSSR count). The lowest BCUT2D eigenvalue weighted by atomic mass is 10.0. The van der Waals surface area contributed by atoms with Gasteiger partial charge in [-0.15, -0.1) is 0 Å². The van der Waals surface area contributed by atoms with Gasteiger partial charge in [0.15, 0.2) is 0 Å². The fourth-order valence-electron chi connectivity index (χ4n) is 2.47. The summed E-state index contributed by atoms with van der Waals surface area (Å²) < 4.78 is 13.5. The molecule has 20 heavy (non-hydrogen) atoms. The molecule has 0 bridgehead atoms. The zero-order valence-electron chi connectivity index (χ0n) is 12.2. The summed E-state index contributed by atoms with van der Waals surface area (Å²) >= 11 is 0. The summed E-state index contributed by atoms with van der Waals surface area (Å²) in [6, 6.07) is 12.8. The maximum Gasteiger partial charge on any atom is 0.123 e. The van der Waals surface area contributed by atoms with Gasteiger partial charge in [-0.1, -0.05) is 18.2 Å². The van der Waals surface area contributed by atoms with Gasteiger partial charge in [-0.3, -0.25) is 0 Å². The highest BCUT2D eigenvalue weighted by Crippen LogP contribution is 2.33. The SMILES string of the molecule is CCN(c1ccccc1C)c1ccc(F)cc1[C@@H](C)N. The summed E-state index contributed by atoms with van der Waals surface area (Å²) in [5, 5.41) is 0. The monoisotopic (exact) mass is 272 g/mol. The maximum atomic E-state index is 13.5. The van der Waals surface area contributed by atoms with Crippen LogP contribution in [0.2, 0.25) is 0 Å². The Kier molecular flexibility index (Phi) is 4.40. The van der Waals surface area contributed by atoms with E-state index in [4.69, 9.17) is 5.73 Å². The van der Waals surface area contributed by atoms with Gasteiger partial charge < -0.3 is 10.6 Å². The third kappa shape index (κ3) is 2.83. The number of halogens is 1. The molecule has 2 nitrogen and oxygen atoms in total. The fourth-order valence-corrected chi connectivity index (χ4v) is 2.47. The van der Waals surface area contributed by atoms with Gasteiger partial charge in [-0.2, -0.15) is 0 Å². The molecule has 0 unspecified atom stereocenters. The lowest BCUT2D eigenvalue weighted by molar-refractivity contribution is 0.622. The van der Waals surface area contributed by atoms with Crippen molar-refractivity contribution in [2.24, 2.45) is 5.73 Å². The average molecular weight is 272 g/mol. The van der Waals surface area contributed by atoms with Crippen molar-refractivity contribution in [3.63, 3.8) is 0 Å². The molecular weight excluding hydrogens is 251 g/mol. The van der Waals surface area contributed by atoms with Crippen molar-refractivity contribution in [2.75, 3.05) is 11.4 Å². The summed E-state index contributed by atoms with van der Waals surface area (Å²) in [4.78, 5) is 2.17. The molecule has 2 N–H and O–H groups in total. The highest BCUT2D eigenvalue weighted by atomic mass is 19.1. The number of rotatable bonds is 4. The molecule has 0 spiro atoms. The van der Waals surface area contributed by atoms with Crippen LogP contribution in [0.3, 0.4) is 0 Å². The predicted octanol–water partition coefficient (Wildman–Crippen LogP) is 4.31. The number of anilines is 2. The number of aryl methyl sites for hydroxylation is 1. The lowest BCUT2D eigenvalue weighted by Gasteiger charge is -2.28. The normalized spacial score (nSPS) is 12.2. The second kappa shape index (κ2) is 6.06. The Hall–Kier alpha value is -1.87. The summed E-state index contributed by atoms with van der Waals surface area (Å²) in [6.07, 6.45) is 0. The number of benzene rings is 2. The van der Waals surface area contributed by atoms with Crippen LogP contribution < -0.4 is 10.6 Å². The van der Waals surface area contributed by atoms with Crippen LogP contribution in [0.15, 0.2) is 42.5 Å². The largest absolute Gasteiger partial charge is 0.341 e. The molecule has 0 saturated heterocycles. The summed E-state index contributed by atoms with van der Waals surface area (Å²) in [5.41, 5.74) is 10.1. The first-order valence-electron chi connectivity index (χ1n) is 6.92. The van der Waals surface area contributed by atoms with Crippen molar-refractivity contribution in [2.45, 2.75) is 26.8 Å². The van der Waals surface area contributed by atoms with Crippen LogP contribution in [0.25, 0.3) is 0 Å². The second-order valence-corrected chi connectivity index (χ2v) is 5.02. The highest BCUT2D eigenvalue weighted by molar-refractivity contribution is 5.69. The van der Waals surface area contributed by atoms with E-state index in [0.717, 1.165) is 23.5 Å². The molecule has 0 aliphatic rings. The molecule has 0 aromatic heterocycles. The maximum absolute atomic E-state index is 13.5. The Balaban J connectivity index is 2.55. The van der Waals surface area contributed by atoms with Gasteiger partial charge >= 0.3 is 0 Å². The number of hydrogen-bond acceptors (Lipinski definition) is 2. The number of nitrogens with zero attached hydrogens (tertiary/aromatic N) is 1. The molecule has 3 heteroatoms. The molecule has 0 heterocycles. The Labute approximate surface area is 120 Å². The van der Waals surface area contributed by atoms with Gasteiger partial charge in [0.05, 0.1) is 0 Å². The van der Waals surface area contributed by atoms with E-state index in [-0.39, 0.29) is 11.9 Å². The highest BCUT2D eigenvalue weighted by Gasteiger charge is 2.16. The molecule has 0 radical (unpaired) electrons. The van der Waals surface area contributed by atoms with Crippen molar-refractivity contribution in [1.82, 2.24) is 0 Å². The average Bonchev–Trinajstić information content (AvgIpc) is 2.42. The Morgan fingerprint density at radius 3 is 2.45 bits per heavy atom. The van der Waals surface area contributed by atoms with Crippen LogP contribution in [-0.2, 0) is 0 Å². The molecule has 106 valence electrons. The quantitative estimate of drug-likeness (QED) is 0.898. The van der Waals surface area contributed by atoms with E-state index < -0.39 is 0 Å². The molecular formula is C17H21FN2. The summed E-state index contributed by atoms with van der Waals surface area (Å²) in [5.74, 6) is -0.248. The molecule has 0 aliphatic carbocycles. The van der Waals surface area contributed by atoms with Gasteiger partial charge in [0.2, 0.25) is 0 Å². The van der Waals surface area contributed by atoms with E-state index in [9.17, 15) is 4.39 Å². The van der Waals surface area contributed by atoms with E-state index in [1.807, 2.05) is 25.1 Å². The topological polar surface area (TPSA) is 29.3 Å². The van der Waals surface area contributed by atoms with Crippen LogP contribution in [0.5, 0.6) is 0 Å². The van der Waals surface area contributed by atoms with E-state index in [2.05, 4.69) is 30.9 Å². The zero-order chi connectivity index (χ0) is 14.7. The van der Waals surface area contributed by atoms with Crippen LogP contribution in [0, 0.1) is 12.7 Å². The first-order chi connectivity index (χ1) is 9.54. The van der Waals surface area contributed by atoms with Crippen molar-refractivity contribution in [3.05, 3.63) is 59.4 Å².